The highest BCUT2D eigenvalue weighted by molar-refractivity contribution is 4.95. The Hall–Kier alpha value is -0.260. The van der Waals surface area contributed by atoms with Gasteiger partial charge in [-0.3, -0.25) is 4.90 Å². The number of hydrogen-bond acceptors (Lipinski definition) is 3. The summed E-state index contributed by atoms with van der Waals surface area (Å²) >= 11 is 0. The molecule has 0 amide bonds. The number of rotatable bonds is 6. The Kier molecular flexibility index (Phi) is 5.28. The summed E-state index contributed by atoms with van der Waals surface area (Å²) in [7, 11) is 0. The first-order valence-electron chi connectivity index (χ1n) is 6.23. The highest BCUT2D eigenvalue weighted by Gasteiger charge is 2.39. The molecule has 0 aromatic carbocycles. The summed E-state index contributed by atoms with van der Waals surface area (Å²) in [4.78, 5) is 1.62. The van der Waals surface area contributed by atoms with Crippen molar-refractivity contribution >= 4 is 0 Å². The molecule has 1 fully saturated rings. The Morgan fingerprint density at radius 1 is 1.47 bits per heavy atom. The minimum atomic E-state index is -2.35. The van der Waals surface area contributed by atoms with Crippen LogP contribution in [0.1, 0.15) is 26.7 Å². The van der Waals surface area contributed by atoms with Gasteiger partial charge in [0.05, 0.1) is 13.2 Å². The molecule has 3 nitrogen and oxygen atoms in total. The van der Waals surface area contributed by atoms with Crippen molar-refractivity contribution in [2.45, 2.75) is 39.2 Å². The molecule has 0 aromatic heterocycles. The summed E-state index contributed by atoms with van der Waals surface area (Å²) in [6.07, 6.45) is -0.327. The number of hydrogen-bond donors (Lipinski definition) is 2. The molecule has 17 heavy (non-hydrogen) atoms. The normalized spacial score (nSPS) is 28.2. The highest BCUT2D eigenvalue weighted by atomic mass is 19.3. The number of aliphatic hydroxyl groups is 1. The summed E-state index contributed by atoms with van der Waals surface area (Å²) in [6.45, 7) is 4.76. The Bertz CT molecular complexity index is 237. The maximum atomic E-state index is 12.4. The summed E-state index contributed by atoms with van der Waals surface area (Å²) in [5.41, 5.74) is 6.25. The number of halogens is 2. The van der Waals surface area contributed by atoms with E-state index in [0.29, 0.717) is 13.1 Å². The van der Waals surface area contributed by atoms with Crippen molar-refractivity contribution in [3.63, 3.8) is 0 Å². The van der Waals surface area contributed by atoms with Crippen LogP contribution in [0.3, 0.4) is 0 Å². The van der Waals surface area contributed by atoms with Crippen LogP contribution in [0.4, 0.5) is 8.78 Å². The van der Waals surface area contributed by atoms with Gasteiger partial charge in [-0.1, -0.05) is 13.8 Å². The first-order chi connectivity index (χ1) is 7.86. The zero-order valence-corrected chi connectivity index (χ0v) is 10.7. The first-order valence-corrected chi connectivity index (χ1v) is 6.23. The molecule has 2 unspecified atom stereocenters. The van der Waals surface area contributed by atoms with E-state index in [0.717, 1.165) is 12.8 Å². The molecule has 0 radical (unpaired) electrons. The molecule has 1 aliphatic rings. The van der Waals surface area contributed by atoms with Crippen molar-refractivity contribution in [3.8, 4) is 0 Å². The van der Waals surface area contributed by atoms with Crippen molar-refractivity contribution in [1.82, 2.24) is 4.90 Å². The van der Waals surface area contributed by atoms with Gasteiger partial charge in [-0.15, -0.1) is 0 Å². The Morgan fingerprint density at radius 2 is 2.12 bits per heavy atom. The molecule has 5 heteroatoms. The zero-order chi connectivity index (χ0) is 13.1. The van der Waals surface area contributed by atoms with E-state index in [1.54, 1.807) is 4.90 Å². The fraction of sp³-hybridized carbons (Fsp3) is 1.00. The summed E-state index contributed by atoms with van der Waals surface area (Å²) in [5.74, 6) is 0.260. The van der Waals surface area contributed by atoms with Gasteiger partial charge in [-0.05, 0) is 24.2 Å². The van der Waals surface area contributed by atoms with Gasteiger partial charge in [-0.25, -0.2) is 8.78 Å². The Labute approximate surface area is 102 Å². The fourth-order valence-corrected chi connectivity index (χ4v) is 2.67. The lowest BCUT2D eigenvalue weighted by atomic mass is 9.85. The molecule has 0 aromatic rings. The first kappa shape index (κ1) is 14.8. The molecule has 0 bridgehead atoms. The van der Waals surface area contributed by atoms with Crippen LogP contribution in [0, 0.1) is 11.3 Å². The smallest absolute Gasteiger partial charge is 0.251 e. The molecule has 0 heterocycles. The molecule has 1 aliphatic carbocycles. The second-order valence-corrected chi connectivity index (χ2v) is 5.69. The van der Waals surface area contributed by atoms with Crippen molar-refractivity contribution in [2.75, 3.05) is 26.2 Å². The van der Waals surface area contributed by atoms with Crippen molar-refractivity contribution in [2.24, 2.45) is 17.1 Å². The predicted molar refractivity (Wildman–Crippen MR) is 64.0 cm³/mol. The molecule has 0 saturated heterocycles. The standard InChI is InChI=1S/C12H24F2N2O/c1-12(2)4-3-9(11(12)15)7-16(5-6-17)8-10(13)14/h9-11,17H,3-8,15H2,1-2H3. The lowest BCUT2D eigenvalue weighted by Crippen LogP contribution is -2.43. The van der Waals surface area contributed by atoms with Crippen molar-refractivity contribution in [3.05, 3.63) is 0 Å². The largest absolute Gasteiger partial charge is 0.395 e. The van der Waals surface area contributed by atoms with Crippen LogP contribution < -0.4 is 5.73 Å². The monoisotopic (exact) mass is 250 g/mol. The van der Waals surface area contributed by atoms with Crippen LogP contribution in [-0.2, 0) is 0 Å². The van der Waals surface area contributed by atoms with Crippen LogP contribution >= 0.6 is 0 Å². The quantitative estimate of drug-likeness (QED) is 0.747. The van der Waals surface area contributed by atoms with Gasteiger partial charge in [0.25, 0.3) is 6.43 Å². The van der Waals surface area contributed by atoms with Gasteiger partial charge in [0.15, 0.2) is 0 Å². The van der Waals surface area contributed by atoms with E-state index in [9.17, 15) is 8.78 Å². The fourth-order valence-electron chi connectivity index (χ4n) is 2.67. The van der Waals surface area contributed by atoms with E-state index in [2.05, 4.69) is 13.8 Å². The Morgan fingerprint density at radius 3 is 2.53 bits per heavy atom. The second-order valence-electron chi connectivity index (χ2n) is 5.69. The number of nitrogens with two attached hydrogens (primary N) is 1. The molecule has 0 spiro atoms. The minimum absolute atomic E-state index is 0.0568. The van der Waals surface area contributed by atoms with Crippen LogP contribution in [0.5, 0.6) is 0 Å². The zero-order valence-electron chi connectivity index (χ0n) is 10.7. The molecule has 1 saturated carbocycles. The van der Waals surface area contributed by atoms with Gasteiger partial charge in [0.2, 0.25) is 0 Å². The van der Waals surface area contributed by atoms with Crippen LogP contribution in [0.15, 0.2) is 0 Å². The Balaban J connectivity index is 2.50. The van der Waals surface area contributed by atoms with E-state index >= 15 is 0 Å². The molecule has 2 atom stereocenters. The van der Waals surface area contributed by atoms with Gasteiger partial charge < -0.3 is 10.8 Å². The average molecular weight is 250 g/mol. The third kappa shape index (κ3) is 4.16. The van der Waals surface area contributed by atoms with Gasteiger partial charge in [-0.2, -0.15) is 0 Å². The van der Waals surface area contributed by atoms with E-state index in [1.165, 1.54) is 0 Å². The van der Waals surface area contributed by atoms with E-state index in [-0.39, 0.29) is 30.5 Å². The molecular formula is C12H24F2N2O. The van der Waals surface area contributed by atoms with Gasteiger partial charge in [0, 0.05) is 19.1 Å². The molecule has 3 N–H and O–H groups in total. The SMILES string of the molecule is CC1(C)CCC(CN(CCO)CC(F)F)C1N. The van der Waals surface area contributed by atoms with Gasteiger partial charge >= 0.3 is 0 Å². The van der Waals surface area contributed by atoms with Crippen LogP contribution in [0.2, 0.25) is 0 Å². The summed E-state index contributed by atoms with van der Waals surface area (Å²) in [6, 6.07) is 0.0568. The highest BCUT2D eigenvalue weighted by Crippen LogP contribution is 2.40. The third-order valence-electron chi connectivity index (χ3n) is 3.87. The molecule has 1 rings (SSSR count). The second kappa shape index (κ2) is 6.07. The molecular weight excluding hydrogens is 226 g/mol. The predicted octanol–water partition coefficient (Wildman–Crippen LogP) is 1.31. The van der Waals surface area contributed by atoms with E-state index < -0.39 is 6.43 Å². The van der Waals surface area contributed by atoms with Crippen LogP contribution in [0.25, 0.3) is 0 Å². The lowest BCUT2D eigenvalue weighted by Gasteiger charge is -2.30. The number of aliphatic hydroxyl groups excluding tert-OH is 1. The summed E-state index contributed by atoms with van der Waals surface area (Å²) < 4.78 is 24.8. The lowest BCUT2D eigenvalue weighted by molar-refractivity contribution is 0.0674. The van der Waals surface area contributed by atoms with Crippen molar-refractivity contribution < 1.29 is 13.9 Å². The van der Waals surface area contributed by atoms with Crippen LogP contribution in [-0.4, -0.2) is 48.7 Å². The maximum Gasteiger partial charge on any atom is 0.251 e. The van der Waals surface area contributed by atoms with Gasteiger partial charge in [0.1, 0.15) is 0 Å². The van der Waals surface area contributed by atoms with E-state index in [4.69, 9.17) is 10.8 Å². The number of alkyl halides is 2. The summed E-state index contributed by atoms with van der Waals surface area (Å²) in [5, 5.41) is 8.87. The minimum Gasteiger partial charge on any atom is -0.395 e. The molecule has 102 valence electrons. The number of nitrogens with zero attached hydrogens (tertiary/aromatic N) is 1. The maximum absolute atomic E-state index is 12.4. The average Bonchev–Trinajstić information content (AvgIpc) is 2.45. The third-order valence-corrected chi connectivity index (χ3v) is 3.87. The van der Waals surface area contributed by atoms with E-state index in [1.807, 2.05) is 0 Å². The van der Waals surface area contributed by atoms with Crippen molar-refractivity contribution in [1.29, 1.82) is 0 Å². The topological polar surface area (TPSA) is 49.5 Å². The molecule has 0 aliphatic heterocycles.